The number of amides is 1. The van der Waals surface area contributed by atoms with E-state index in [4.69, 9.17) is 23.2 Å². The van der Waals surface area contributed by atoms with Crippen LogP contribution in [0.15, 0.2) is 53.2 Å². The second kappa shape index (κ2) is 5.91. The zero-order valence-corrected chi connectivity index (χ0v) is 12.6. The number of amidine groups is 1. The van der Waals surface area contributed by atoms with Crippen LogP contribution in [0.3, 0.4) is 0 Å². The maximum absolute atomic E-state index is 13.7. The van der Waals surface area contributed by atoms with Gasteiger partial charge in [0, 0.05) is 0 Å². The molecule has 0 unspecified atom stereocenters. The number of halogens is 3. The first-order chi connectivity index (χ1) is 10.5. The molecule has 2 aromatic carbocycles. The Bertz CT molecular complexity index is 831. The minimum atomic E-state index is -0.447. The largest absolute Gasteiger partial charge is 0.305 e. The third kappa shape index (κ3) is 2.89. The molecular formula is C16H9Cl2FN2O. The summed E-state index contributed by atoms with van der Waals surface area (Å²) in [6, 6.07) is 11.1. The van der Waals surface area contributed by atoms with Crippen molar-refractivity contribution in [1.82, 2.24) is 5.32 Å². The molecule has 0 atom stereocenters. The van der Waals surface area contributed by atoms with Crippen LogP contribution in [0.5, 0.6) is 0 Å². The lowest BCUT2D eigenvalue weighted by Crippen LogP contribution is -2.25. The lowest BCUT2D eigenvalue weighted by Gasteiger charge is -2.00. The molecule has 0 aromatic heterocycles. The Morgan fingerprint density at radius 1 is 1.09 bits per heavy atom. The van der Waals surface area contributed by atoms with Gasteiger partial charge in [-0.2, -0.15) is 0 Å². The summed E-state index contributed by atoms with van der Waals surface area (Å²) in [6.45, 7) is 0. The Morgan fingerprint density at radius 2 is 1.86 bits per heavy atom. The molecule has 0 aliphatic carbocycles. The fourth-order valence-corrected chi connectivity index (χ4v) is 2.32. The van der Waals surface area contributed by atoms with Gasteiger partial charge in [-0.3, -0.25) is 4.79 Å². The van der Waals surface area contributed by atoms with Gasteiger partial charge in [0.1, 0.15) is 17.3 Å². The Kier molecular flexibility index (Phi) is 3.96. The minimum Gasteiger partial charge on any atom is -0.305 e. The van der Waals surface area contributed by atoms with Gasteiger partial charge in [0.15, 0.2) is 0 Å². The van der Waals surface area contributed by atoms with Gasteiger partial charge in [-0.25, -0.2) is 9.38 Å². The van der Waals surface area contributed by atoms with Crippen LogP contribution < -0.4 is 5.32 Å². The Morgan fingerprint density at radius 3 is 2.59 bits per heavy atom. The standard InChI is InChI=1S/C16H9Cl2FN2O/c17-11-6-5-9(7-12(11)18)8-14-16(22)21-15(20-14)10-3-1-2-4-13(10)19/h1-8H,(H,20,21,22)/b14-8+. The van der Waals surface area contributed by atoms with E-state index < -0.39 is 11.7 Å². The number of hydrogen-bond acceptors (Lipinski definition) is 2. The highest BCUT2D eigenvalue weighted by molar-refractivity contribution is 6.42. The fraction of sp³-hybridized carbons (Fsp3) is 0. The van der Waals surface area contributed by atoms with E-state index in [9.17, 15) is 9.18 Å². The van der Waals surface area contributed by atoms with Crippen molar-refractivity contribution >= 4 is 41.0 Å². The minimum absolute atomic E-state index is 0.177. The van der Waals surface area contributed by atoms with Crippen LogP contribution in [0.25, 0.3) is 6.08 Å². The van der Waals surface area contributed by atoms with Gasteiger partial charge >= 0.3 is 0 Å². The number of carbonyl (C=O) groups excluding carboxylic acids is 1. The summed E-state index contributed by atoms with van der Waals surface area (Å²) in [5.74, 6) is -0.656. The number of benzene rings is 2. The number of nitrogens with one attached hydrogen (secondary N) is 1. The number of rotatable bonds is 2. The molecule has 0 saturated carbocycles. The highest BCUT2D eigenvalue weighted by Crippen LogP contribution is 2.24. The summed E-state index contributed by atoms with van der Waals surface area (Å²) in [5.41, 5.74) is 1.10. The molecular weight excluding hydrogens is 326 g/mol. The predicted molar refractivity (Wildman–Crippen MR) is 85.5 cm³/mol. The van der Waals surface area contributed by atoms with Crippen LogP contribution in [0.2, 0.25) is 10.0 Å². The van der Waals surface area contributed by atoms with Crippen molar-refractivity contribution in [3.05, 3.63) is 75.2 Å². The first kappa shape index (κ1) is 14.8. The molecule has 1 aliphatic heterocycles. The molecule has 6 heteroatoms. The van der Waals surface area contributed by atoms with Crippen molar-refractivity contribution in [1.29, 1.82) is 0 Å². The molecule has 1 N–H and O–H groups in total. The van der Waals surface area contributed by atoms with Crippen molar-refractivity contribution < 1.29 is 9.18 Å². The summed E-state index contributed by atoms with van der Waals surface area (Å²) in [7, 11) is 0. The first-order valence-corrected chi connectivity index (χ1v) is 7.12. The van der Waals surface area contributed by atoms with Crippen molar-refractivity contribution in [3.63, 3.8) is 0 Å². The van der Waals surface area contributed by atoms with E-state index in [2.05, 4.69) is 10.3 Å². The molecule has 3 rings (SSSR count). The van der Waals surface area contributed by atoms with Gasteiger partial charge < -0.3 is 5.32 Å². The zero-order valence-electron chi connectivity index (χ0n) is 11.1. The van der Waals surface area contributed by atoms with E-state index in [0.29, 0.717) is 15.6 Å². The molecule has 22 heavy (non-hydrogen) atoms. The van der Waals surface area contributed by atoms with Crippen molar-refractivity contribution in [2.24, 2.45) is 4.99 Å². The van der Waals surface area contributed by atoms with E-state index in [1.807, 2.05) is 0 Å². The van der Waals surface area contributed by atoms with Gasteiger partial charge in [-0.05, 0) is 35.9 Å². The van der Waals surface area contributed by atoms with E-state index >= 15 is 0 Å². The quantitative estimate of drug-likeness (QED) is 0.827. The monoisotopic (exact) mass is 334 g/mol. The summed E-state index contributed by atoms with van der Waals surface area (Å²) in [4.78, 5) is 16.1. The summed E-state index contributed by atoms with van der Waals surface area (Å²) >= 11 is 11.8. The normalized spacial score (nSPS) is 15.9. The molecule has 1 heterocycles. The molecule has 1 amide bonds. The van der Waals surface area contributed by atoms with Crippen LogP contribution in [-0.4, -0.2) is 11.7 Å². The van der Waals surface area contributed by atoms with Crippen LogP contribution >= 0.6 is 23.2 Å². The van der Waals surface area contributed by atoms with Crippen LogP contribution in [0, 0.1) is 5.82 Å². The maximum atomic E-state index is 13.7. The first-order valence-electron chi connectivity index (χ1n) is 6.36. The fourth-order valence-electron chi connectivity index (χ4n) is 2.01. The van der Waals surface area contributed by atoms with E-state index in [0.717, 1.165) is 0 Å². The van der Waals surface area contributed by atoms with Crippen LogP contribution in [0.1, 0.15) is 11.1 Å². The van der Waals surface area contributed by atoms with Gasteiger partial charge in [0.05, 0.1) is 15.6 Å². The second-order valence-corrected chi connectivity index (χ2v) is 5.41. The molecule has 3 nitrogen and oxygen atoms in total. The zero-order chi connectivity index (χ0) is 15.7. The Labute approximate surface area is 136 Å². The molecule has 1 aliphatic rings. The van der Waals surface area contributed by atoms with Crippen LogP contribution in [0.4, 0.5) is 4.39 Å². The topological polar surface area (TPSA) is 41.5 Å². The summed E-state index contributed by atoms with van der Waals surface area (Å²) in [5, 5.41) is 3.36. The molecule has 110 valence electrons. The molecule has 0 bridgehead atoms. The van der Waals surface area contributed by atoms with Gasteiger partial charge in [-0.15, -0.1) is 0 Å². The van der Waals surface area contributed by atoms with Gasteiger partial charge in [0.25, 0.3) is 5.91 Å². The van der Waals surface area contributed by atoms with E-state index in [-0.39, 0.29) is 17.1 Å². The molecule has 0 radical (unpaired) electrons. The third-order valence-corrected chi connectivity index (χ3v) is 3.81. The number of nitrogens with zero attached hydrogens (tertiary/aromatic N) is 1. The predicted octanol–water partition coefficient (Wildman–Crippen LogP) is 4.05. The smallest absolute Gasteiger partial charge is 0.275 e. The SMILES string of the molecule is O=C1NC(c2ccccc2F)=N/C1=C/c1ccc(Cl)c(Cl)c1. The maximum Gasteiger partial charge on any atom is 0.275 e. The second-order valence-electron chi connectivity index (χ2n) is 4.60. The highest BCUT2D eigenvalue weighted by Gasteiger charge is 2.22. The Balaban J connectivity index is 1.98. The number of aliphatic imine (C=N–C) groups is 1. The van der Waals surface area contributed by atoms with Crippen LogP contribution in [-0.2, 0) is 4.79 Å². The molecule has 0 fully saturated rings. The third-order valence-electron chi connectivity index (χ3n) is 3.07. The Hall–Kier alpha value is -2.17. The van der Waals surface area contributed by atoms with E-state index in [1.165, 1.54) is 6.07 Å². The van der Waals surface area contributed by atoms with Crippen molar-refractivity contribution in [2.45, 2.75) is 0 Å². The lowest BCUT2D eigenvalue weighted by atomic mass is 10.2. The van der Waals surface area contributed by atoms with Gasteiger partial charge in [0.2, 0.25) is 0 Å². The molecule has 0 spiro atoms. The highest BCUT2D eigenvalue weighted by atomic mass is 35.5. The average Bonchev–Trinajstić information content (AvgIpc) is 2.84. The average molecular weight is 335 g/mol. The lowest BCUT2D eigenvalue weighted by molar-refractivity contribution is -0.115. The van der Waals surface area contributed by atoms with Crippen molar-refractivity contribution in [3.8, 4) is 0 Å². The number of hydrogen-bond donors (Lipinski definition) is 1. The summed E-state index contributed by atoms with van der Waals surface area (Å²) < 4.78 is 13.7. The summed E-state index contributed by atoms with van der Waals surface area (Å²) in [6.07, 6.45) is 1.56. The van der Waals surface area contributed by atoms with Crippen molar-refractivity contribution in [2.75, 3.05) is 0 Å². The molecule has 0 saturated heterocycles. The molecule has 2 aromatic rings. The van der Waals surface area contributed by atoms with E-state index in [1.54, 1.807) is 42.5 Å². The number of carbonyl (C=O) groups is 1. The van der Waals surface area contributed by atoms with Gasteiger partial charge in [-0.1, -0.05) is 41.4 Å².